The van der Waals surface area contributed by atoms with Gasteiger partial charge in [0.25, 0.3) is 5.56 Å². The number of fused-ring (bicyclic) bond motifs is 3. The second-order valence-corrected chi connectivity index (χ2v) is 9.10. The number of aliphatic hydroxyl groups excluding tert-OH is 1. The number of aryl methyl sites for hydroxylation is 2. The van der Waals surface area contributed by atoms with E-state index in [0.29, 0.717) is 25.3 Å². The topological polar surface area (TPSA) is 95.5 Å². The highest BCUT2D eigenvalue weighted by atomic mass is 32.1. The van der Waals surface area contributed by atoms with Crippen LogP contribution in [0.2, 0.25) is 0 Å². The third-order valence-electron chi connectivity index (χ3n) is 5.29. The standard InChI is InChI=1S/C21H31N3O4S/c1-4-7-18(26)28-12-14(25)10-24(13(2)3)11-17-22-20(27)19-15-8-5-6-9-16(15)29-21(19)23-17/h13-14,25H,4-12H2,1-3H3,(H,22,23,27)/t14-/m0/s1. The van der Waals surface area contributed by atoms with Gasteiger partial charge >= 0.3 is 5.97 Å². The van der Waals surface area contributed by atoms with Crippen LogP contribution < -0.4 is 5.56 Å². The van der Waals surface area contributed by atoms with Crippen LogP contribution in [0.1, 0.15) is 62.7 Å². The zero-order chi connectivity index (χ0) is 21.0. The van der Waals surface area contributed by atoms with Crippen molar-refractivity contribution in [2.75, 3.05) is 13.2 Å². The lowest BCUT2D eigenvalue weighted by Gasteiger charge is -2.28. The van der Waals surface area contributed by atoms with Crippen LogP contribution in [0.3, 0.4) is 0 Å². The highest BCUT2D eigenvalue weighted by Gasteiger charge is 2.22. The first-order valence-corrected chi connectivity index (χ1v) is 11.3. The van der Waals surface area contributed by atoms with Gasteiger partial charge in [-0.2, -0.15) is 0 Å². The van der Waals surface area contributed by atoms with Crippen LogP contribution in [-0.2, 0) is 28.9 Å². The Morgan fingerprint density at radius 1 is 1.34 bits per heavy atom. The fraction of sp³-hybridized carbons (Fsp3) is 0.667. The number of aliphatic hydroxyl groups is 1. The van der Waals surface area contributed by atoms with E-state index in [1.54, 1.807) is 11.3 Å². The molecule has 0 spiro atoms. The molecule has 0 amide bonds. The molecule has 1 atom stereocenters. The summed E-state index contributed by atoms with van der Waals surface area (Å²) in [6.07, 6.45) is 4.58. The van der Waals surface area contributed by atoms with Gasteiger partial charge in [-0.3, -0.25) is 14.5 Å². The van der Waals surface area contributed by atoms with Gasteiger partial charge in [0, 0.05) is 23.9 Å². The Balaban J connectivity index is 1.71. The number of carbonyl (C=O) groups is 1. The lowest BCUT2D eigenvalue weighted by molar-refractivity contribution is -0.147. The van der Waals surface area contributed by atoms with E-state index in [9.17, 15) is 14.7 Å². The smallest absolute Gasteiger partial charge is 0.305 e. The van der Waals surface area contributed by atoms with Crippen LogP contribution in [0, 0.1) is 0 Å². The summed E-state index contributed by atoms with van der Waals surface area (Å²) in [6, 6.07) is 0.133. The second kappa shape index (κ2) is 9.82. The van der Waals surface area contributed by atoms with Crippen molar-refractivity contribution in [2.45, 2.75) is 78.0 Å². The summed E-state index contributed by atoms with van der Waals surface area (Å²) < 4.78 is 5.11. The van der Waals surface area contributed by atoms with Gasteiger partial charge in [-0.1, -0.05) is 6.92 Å². The third kappa shape index (κ3) is 5.43. The summed E-state index contributed by atoms with van der Waals surface area (Å²) >= 11 is 1.64. The molecule has 8 heteroatoms. The molecule has 2 aromatic heterocycles. The van der Waals surface area contributed by atoms with E-state index in [0.717, 1.165) is 35.9 Å². The first-order chi connectivity index (χ1) is 13.9. The van der Waals surface area contributed by atoms with Crippen LogP contribution in [0.25, 0.3) is 10.2 Å². The Hall–Kier alpha value is -1.77. The molecule has 3 rings (SSSR count). The maximum absolute atomic E-state index is 12.7. The van der Waals surface area contributed by atoms with Crippen molar-refractivity contribution in [3.05, 3.63) is 26.6 Å². The average Bonchev–Trinajstić information content (AvgIpc) is 3.04. The normalized spacial score (nSPS) is 15.1. The first-order valence-electron chi connectivity index (χ1n) is 10.5. The number of H-pyrrole nitrogens is 1. The van der Waals surface area contributed by atoms with Gasteiger partial charge in [0.15, 0.2) is 0 Å². The number of nitrogens with one attached hydrogen (secondary N) is 1. The molecule has 2 heterocycles. The van der Waals surface area contributed by atoms with E-state index in [-0.39, 0.29) is 24.2 Å². The van der Waals surface area contributed by atoms with Crippen molar-refractivity contribution >= 4 is 27.5 Å². The number of hydrogen-bond acceptors (Lipinski definition) is 7. The van der Waals surface area contributed by atoms with Crippen molar-refractivity contribution in [3.63, 3.8) is 0 Å². The van der Waals surface area contributed by atoms with Crippen LogP contribution in [0.15, 0.2) is 4.79 Å². The fourth-order valence-electron chi connectivity index (χ4n) is 3.72. The SMILES string of the molecule is CCCC(=O)OC[C@@H](O)CN(Cc1nc2sc3c(c2c(=O)[nH]1)CCCC3)C(C)C. The van der Waals surface area contributed by atoms with Gasteiger partial charge in [0.2, 0.25) is 0 Å². The maximum atomic E-state index is 12.7. The summed E-state index contributed by atoms with van der Waals surface area (Å²) in [7, 11) is 0. The molecule has 29 heavy (non-hydrogen) atoms. The third-order valence-corrected chi connectivity index (χ3v) is 6.48. The van der Waals surface area contributed by atoms with E-state index in [1.165, 1.54) is 16.9 Å². The molecule has 1 aliphatic carbocycles. The van der Waals surface area contributed by atoms with Gasteiger partial charge in [-0.05, 0) is 51.5 Å². The quantitative estimate of drug-likeness (QED) is 0.605. The largest absolute Gasteiger partial charge is 0.463 e. The van der Waals surface area contributed by atoms with Crippen molar-refractivity contribution in [2.24, 2.45) is 0 Å². The van der Waals surface area contributed by atoms with Gasteiger partial charge < -0.3 is 14.8 Å². The van der Waals surface area contributed by atoms with E-state index >= 15 is 0 Å². The summed E-state index contributed by atoms with van der Waals surface area (Å²) in [6.45, 7) is 6.69. The molecule has 2 aromatic rings. The molecule has 0 saturated carbocycles. The number of nitrogens with zero attached hydrogens (tertiary/aromatic N) is 2. The summed E-state index contributed by atoms with van der Waals surface area (Å²) in [5, 5.41) is 11.0. The number of aromatic amines is 1. The van der Waals surface area contributed by atoms with E-state index < -0.39 is 6.10 Å². The molecule has 160 valence electrons. The fourth-order valence-corrected chi connectivity index (χ4v) is 5.00. The lowest BCUT2D eigenvalue weighted by Crippen LogP contribution is -2.39. The lowest BCUT2D eigenvalue weighted by atomic mass is 9.97. The number of ether oxygens (including phenoxy) is 1. The monoisotopic (exact) mass is 421 g/mol. The molecular formula is C21H31N3O4S. The number of carbonyl (C=O) groups excluding carboxylic acids is 1. The molecular weight excluding hydrogens is 390 g/mol. The van der Waals surface area contributed by atoms with Gasteiger partial charge in [0.1, 0.15) is 23.4 Å². The minimum atomic E-state index is -0.789. The highest BCUT2D eigenvalue weighted by Crippen LogP contribution is 2.33. The van der Waals surface area contributed by atoms with Crippen molar-refractivity contribution in [1.82, 2.24) is 14.9 Å². The summed E-state index contributed by atoms with van der Waals surface area (Å²) in [5.74, 6) is 0.311. The Kier molecular flexibility index (Phi) is 7.43. The van der Waals surface area contributed by atoms with Gasteiger partial charge in [0.05, 0.1) is 11.9 Å². The number of esters is 1. The molecule has 0 fully saturated rings. The number of rotatable bonds is 9. The van der Waals surface area contributed by atoms with Crippen LogP contribution in [0.5, 0.6) is 0 Å². The minimum absolute atomic E-state index is 0.0251. The molecule has 0 radical (unpaired) electrons. The minimum Gasteiger partial charge on any atom is -0.463 e. The van der Waals surface area contributed by atoms with Crippen molar-refractivity contribution < 1.29 is 14.6 Å². The predicted molar refractivity (Wildman–Crippen MR) is 114 cm³/mol. The molecule has 0 unspecified atom stereocenters. The summed E-state index contributed by atoms with van der Waals surface area (Å²) in [4.78, 5) is 36.0. The molecule has 0 aromatic carbocycles. The van der Waals surface area contributed by atoms with Crippen molar-refractivity contribution in [1.29, 1.82) is 0 Å². The Morgan fingerprint density at radius 3 is 2.83 bits per heavy atom. The van der Waals surface area contributed by atoms with Crippen LogP contribution in [-0.4, -0.2) is 51.2 Å². The maximum Gasteiger partial charge on any atom is 0.305 e. The Labute approximate surface area is 175 Å². The molecule has 2 N–H and O–H groups in total. The molecule has 1 aliphatic rings. The number of hydrogen-bond donors (Lipinski definition) is 2. The van der Waals surface area contributed by atoms with E-state index in [1.807, 2.05) is 25.7 Å². The zero-order valence-electron chi connectivity index (χ0n) is 17.5. The second-order valence-electron chi connectivity index (χ2n) is 8.01. The van der Waals surface area contributed by atoms with E-state index in [4.69, 9.17) is 9.72 Å². The Morgan fingerprint density at radius 2 is 2.10 bits per heavy atom. The Bertz CT molecular complexity index is 905. The van der Waals surface area contributed by atoms with Crippen LogP contribution >= 0.6 is 11.3 Å². The predicted octanol–water partition coefficient (Wildman–Crippen LogP) is 2.78. The van der Waals surface area contributed by atoms with E-state index in [2.05, 4.69) is 4.98 Å². The van der Waals surface area contributed by atoms with Gasteiger partial charge in [-0.25, -0.2) is 4.98 Å². The molecule has 0 saturated heterocycles. The first kappa shape index (κ1) is 21.9. The average molecular weight is 422 g/mol. The highest BCUT2D eigenvalue weighted by molar-refractivity contribution is 7.18. The molecule has 0 bridgehead atoms. The van der Waals surface area contributed by atoms with Gasteiger partial charge in [-0.15, -0.1) is 11.3 Å². The van der Waals surface area contributed by atoms with Crippen LogP contribution in [0.4, 0.5) is 0 Å². The molecule has 7 nitrogen and oxygen atoms in total. The summed E-state index contributed by atoms with van der Waals surface area (Å²) in [5.41, 5.74) is 1.11. The number of aromatic nitrogens is 2. The van der Waals surface area contributed by atoms with Crippen molar-refractivity contribution in [3.8, 4) is 0 Å². The molecule has 0 aliphatic heterocycles. The zero-order valence-corrected chi connectivity index (χ0v) is 18.3. The number of thiophene rings is 1.